The summed E-state index contributed by atoms with van der Waals surface area (Å²) in [6, 6.07) is 6.38. The zero-order valence-electron chi connectivity index (χ0n) is 16.4. The lowest BCUT2D eigenvalue weighted by atomic mass is 10.0. The number of rotatable bonds is 7. The Morgan fingerprint density at radius 2 is 1.85 bits per heavy atom. The van der Waals surface area contributed by atoms with E-state index in [4.69, 9.17) is 4.74 Å². The molecular formula is C20H32FN3O2. The van der Waals surface area contributed by atoms with Gasteiger partial charge in [0.2, 0.25) is 0 Å². The van der Waals surface area contributed by atoms with Crippen molar-refractivity contribution in [3.05, 3.63) is 35.6 Å². The number of carbonyl (C=O) groups is 1. The van der Waals surface area contributed by atoms with E-state index >= 15 is 0 Å². The largest absolute Gasteiger partial charge is 0.379 e. The minimum Gasteiger partial charge on any atom is -0.379 e. The molecule has 0 spiro atoms. The van der Waals surface area contributed by atoms with Crippen molar-refractivity contribution in [2.45, 2.75) is 39.3 Å². The van der Waals surface area contributed by atoms with Crippen LogP contribution in [0.2, 0.25) is 0 Å². The highest BCUT2D eigenvalue weighted by Gasteiger charge is 2.24. The topological polar surface area (TPSA) is 44.8 Å². The van der Waals surface area contributed by atoms with Gasteiger partial charge < -0.3 is 15.0 Å². The van der Waals surface area contributed by atoms with E-state index in [1.54, 1.807) is 24.1 Å². The maximum atomic E-state index is 13.1. The van der Waals surface area contributed by atoms with Crippen LogP contribution >= 0.6 is 0 Å². The van der Waals surface area contributed by atoms with Crippen molar-refractivity contribution in [3.63, 3.8) is 0 Å². The van der Waals surface area contributed by atoms with Gasteiger partial charge in [0, 0.05) is 32.7 Å². The highest BCUT2D eigenvalue weighted by molar-refractivity contribution is 5.74. The number of nitrogens with zero attached hydrogens (tertiary/aromatic N) is 2. The Bertz CT molecular complexity index is 559. The lowest BCUT2D eigenvalue weighted by Gasteiger charge is -2.36. The van der Waals surface area contributed by atoms with Crippen LogP contribution in [0.5, 0.6) is 0 Å². The standard InChI is InChI=1S/C20H32FN3O2/c1-15(2)13-19(24-9-11-26-12-10-24)14-22-20(25)23(4)16(3)17-5-7-18(21)8-6-17/h5-8,15-16,19H,9-14H2,1-4H3,(H,22,25). The van der Waals surface area contributed by atoms with Crippen LogP contribution in [0.25, 0.3) is 0 Å². The summed E-state index contributed by atoms with van der Waals surface area (Å²) in [4.78, 5) is 16.7. The molecule has 2 rings (SSSR count). The maximum absolute atomic E-state index is 13.1. The molecule has 0 saturated carbocycles. The molecule has 146 valence electrons. The highest BCUT2D eigenvalue weighted by Crippen LogP contribution is 2.19. The average Bonchev–Trinajstić information content (AvgIpc) is 2.64. The molecule has 1 aliphatic heterocycles. The Morgan fingerprint density at radius 3 is 2.42 bits per heavy atom. The molecule has 2 atom stereocenters. The Balaban J connectivity index is 1.91. The predicted octanol–water partition coefficient (Wildman–Crippen LogP) is 3.28. The molecule has 1 aromatic carbocycles. The van der Waals surface area contributed by atoms with Crippen LogP contribution in [0.1, 0.15) is 38.8 Å². The molecule has 1 saturated heterocycles. The number of urea groups is 1. The zero-order valence-corrected chi connectivity index (χ0v) is 16.4. The number of nitrogens with one attached hydrogen (secondary N) is 1. The predicted molar refractivity (Wildman–Crippen MR) is 102 cm³/mol. The van der Waals surface area contributed by atoms with Gasteiger partial charge in [-0.05, 0) is 37.0 Å². The van der Waals surface area contributed by atoms with E-state index in [1.165, 1.54) is 12.1 Å². The summed E-state index contributed by atoms with van der Waals surface area (Å²) in [5, 5.41) is 3.08. The molecule has 1 aromatic rings. The molecule has 1 N–H and O–H groups in total. The van der Waals surface area contributed by atoms with Gasteiger partial charge in [0.15, 0.2) is 0 Å². The molecule has 6 heteroatoms. The molecule has 5 nitrogen and oxygen atoms in total. The first kappa shape index (κ1) is 20.6. The Morgan fingerprint density at radius 1 is 1.23 bits per heavy atom. The molecule has 1 fully saturated rings. The number of ether oxygens (including phenoxy) is 1. The van der Waals surface area contributed by atoms with Crippen molar-refractivity contribution in [2.24, 2.45) is 5.92 Å². The van der Waals surface area contributed by atoms with Crippen LogP contribution in [-0.2, 0) is 4.74 Å². The number of hydrogen-bond acceptors (Lipinski definition) is 3. The van der Waals surface area contributed by atoms with Gasteiger partial charge in [-0.1, -0.05) is 26.0 Å². The Kier molecular flexibility index (Phi) is 7.85. The van der Waals surface area contributed by atoms with E-state index in [-0.39, 0.29) is 17.9 Å². The quantitative estimate of drug-likeness (QED) is 0.807. The number of amides is 2. The second kappa shape index (κ2) is 9.88. The molecule has 2 amide bonds. The summed E-state index contributed by atoms with van der Waals surface area (Å²) >= 11 is 0. The first-order chi connectivity index (χ1) is 12.4. The van der Waals surface area contributed by atoms with Gasteiger partial charge in [0.25, 0.3) is 0 Å². The lowest BCUT2D eigenvalue weighted by Crippen LogP contribution is -2.51. The normalized spacial score (nSPS) is 17.8. The molecular weight excluding hydrogens is 333 g/mol. The van der Waals surface area contributed by atoms with Gasteiger partial charge in [0.1, 0.15) is 5.82 Å². The van der Waals surface area contributed by atoms with E-state index in [1.807, 2.05) is 6.92 Å². The van der Waals surface area contributed by atoms with Gasteiger partial charge in [-0.15, -0.1) is 0 Å². The molecule has 0 bridgehead atoms. The number of halogens is 1. The third-order valence-corrected chi connectivity index (χ3v) is 5.05. The minimum atomic E-state index is -0.268. The first-order valence-electron chi connectivity index (χ1n) is 9.46. The third kappa shape index (κ3) is 5.95. The lowest BCUT2D eigenvalue weighted by molar-refractivity contribution is 0.0127. The van der Waals surface area contributed by atoms with Crippen LogP contribution in [-0.4, -0.2) is 61.8 Å². The first-order valence-corrected chi connectivity index (χ1v) is 9.46. The molecule has 2 unspecified atom stereocenters. The maximum Gasteiger partial charge on any atom is 0.317 e. The number of hydrogen-bond donors (Lipinski definition) is 1. The van der Waals surface area contributed by atoms with Crippen molar-refractivity contribution < 1.29 is 13.9 Å². The molecule has 26 heavy (non-hydrogen) atoms. The van der Waals surface area contributed by atoms with E-state index < -0.39 is 0 Å². The van der Waals surface area contributed by atoms with Crippen LogP contribution in [0.4, 0.5) is 9.18 Å². The van der Waals surface area contributed by atoms with Crippen molar-refractivity contribution in [1.82, 2.24) is 15.1 Å². The van der Waals surface area contributed by atoms with Gasteiger partial charge in [-0.3, -0.25) is 4.90 Å². The number of morpholine rings is 1. The van der Waals surface area contributed by atoms with Gasteiger partial charge in [-0.2, -0.15) is 0 Å². The zero-order chi connectivity index (χ0) is 19.1. The Labute approximate surface area is 156 Å². The molecule has 1 heterocycles. The smallest absolute Gasteiger partial charge is 0.317 e. The van der Waals surface area contributed by atoms with Gasteiger partial charge >= 0.3 is 6.03 Å². The van der Waals surface area contributed by atoms with Crippen molar-refractivity contribution in [2.75, 3.05) is 39.9 Å². The van der Waals surface area contributed by atoms with E-state index in [2.05, 4.69) is 24.1 Å². The van der Waals surface area contributed by atoms with Gasteiger partial charge in [0.05, 0.1) is 19.3 Å². The van der Waals surface area contributed by atoms with Gasteiger partial charge in [-0.25, -0.2) is 9.18 Å². The summed E-state index contributed by atoms with van der Waals surface area (Å²) in [6.45, 7) is 10.3. The summed E-state index contributed by atoms with van der Waals surface area (Å²) in [6.07, 6.45) is 1.04. The van der Waals surface area contributed by atoms with Crippen LogP contribution < -0.4 is 5.32 Å². The second-order valence-corrected chi connectivity index (χ2v) is 7.46. The molecule has 1 aliphatic rings. The van der Waals surface area contributed by atoms with Crippen LogP contribution in [0.3, 0.4) is 0 Å². The summed E-state index contributed by atoms with van der Waals surface area (Å²) < 4.78 is 18.5. The molecule has 0 radical (unpaired) electrons. The SMILES string of the molecule is CC(C)CC(CNC(=O)N(C)C(C)c1ccc(F)cc1)N1CCOCC1. The van der Waals surface area contributed by atoms with E-state index in [0.29, 0.717) is 18.5 Å². The Hall–Kier alpha value is -1.66. The fourth-order valence-corrected chi connectivity index (χ4v) is 3.32. The molecule has 0 aromatic heterocycles. The van der Waals surface area contributed by atoms with Crippen LogP contribution in [0.15, 0.2) is 24.3 Å². The highest BCUT2D eigenvalue weighted by atomic mass is 19.1. The summed E-state index contributed by atoms with van der Waals surface area (Å²) in [5.41, 5.74) is 0.913. The van der Waals surface area contributed by atoms with E-state index in [9.17, 15) is 9.18 Å². The third-order valence-electron chi connectivity index (χ3n) is 5.05. The second-order valence-electron chi connectivity index (χ2n) is 7.46. The number of carbonyl (C=O) groups excluding carboxylic acids is 1. The fourth-order valence-electron chi connectivity index (χ4n) is 3.32. The minimum absolute atomic E-state index is 0.108. The average molecular weight is 365 g/mol. The fraction of sp³-hybridized carbons (Fsp3) is 0.650. The monoisotopic (exact) mass is 365 g/mol. The number of benzene rings is 1. The van der Waals surface area contributed by atoms with Crippen molar-refractivity contribution >= 4 is 6.03 Å². The van der Waals surface area contributed by atoms with Crippen molar-refractivity contribution in [1.29, 1.82) is 0 Å². The molecule has 0 aliphatic carbocycles. The summed E-state index contributed by atoms with van der Waals surface area (Å²) in [5.74, 6) is 0.297. The van der Waals surface area contributed by atoms with Crippen molar-refractivity contribution in [3.8, 4) is 0 Å². The summed E-state index contributed by atoms with van der Waals surface area (Å²) in [7, 11) is 1.77. The van der Waals surface area contributed by atoms with E-state index in [0.717, 1.165) is 38.3 Å². The van der Waals surface area contributed by atoms with Crippen LogP contribution in [0, 0.1) is 11.7 Å².